The molecular weight excluding hydrogens is 352 g/mol. The van der Waals surface area contributed by atoms with Crippen molar-refractivity contribution in [3.8, 4) is 5.82 Å². The molecule has 1 aromatic carbocycles. The van der Waals surface area contributed by atoms with Crippen LogP contribution >= 0.6 is 0 Å². The van der Waals surface area contributed by atoms with Gasteiger partial charge in [-0.3, -0.25) is 4.79 Å². The first kappa shape index (κ1) is 17.8. The minimum atomic E-state index is -3.57. The summed E-state index contributed by atoms with van der Waals surface area (Å²) >= 11 is 0. The molecule has 0 saturated heterocycles. The van der Waals surface area contributed by atoms with Crippen LogP contribution in [0.4, 0.5) is 5.69 Å². The smallest absolute Gasteiger partial charge is 0.257 e. The summed E-state index contributed by atoms with van der Waals surface area (Å²) in [5.41, 5.74) is 0.569. The fourth-order valence-electron chi connectivity index (χ4n) is 2.35. The van der Waals surface area contributed by atoms with E-state index in [-0.39, 0.29) is 10.5 Å². The molecule has 0 bridgehead atoms. The summed E-state index contributed by atoms with van der Waals surface area (Å²) in [6, 6.07) is 11.4. The van der Waals surface area contributed by atoms with Crippen LogP contribution in [0.2, 0.25) is 0 Å². The highest BCUT2D eigenvalue weighted by Gasteiger charge is 2.25. The van der Waals surface area contributed by atoms with E-state index in [1.807, 2.05) is 0 Å². The maximum Gasteiger partial charge on any atom is 0.257 e. The fourth-order valence-corrected chi connectivity index (χ4v) is 3.60. The van der Waals surface area contributed by atoms with Crippen molar-refractivity contribution in [3.05, 3.63) is 66.6 Å². The van der Waals surface area contributed by atoms with Crippen molar-refractivity contribution in [2.45, 2.75) is 24.0 Å². The second kappa shape index (κ2) is 7.09. The van der Waals surface area contributed by atoms with E-state index in [1.54, 1.807) is 61.3 Å². The van der Waals surface area contributed by atoms with Crippen LogP contribution < -0.4 is 5.32 Å². The summed E-state index contributed by atoms with van der Waals surface area (Å²) in [6.07, 6.45) is 4.89. The molecule has 2 aromatic heterocycles. The van der Waals surface area contributed by atoms with E-state index < -0.39 is 21.0 Å². The molecule has 1 N–H and O–H groups in total. The molecule has 3 aromatic rings. The zero-order valence-electron chi connectivity index (χ0n) is 14.3. The lowest BCUT2D eigenvalue weighted by atomic mass is 10.2. The lowest BCUT2D eigenvalue weighted by Gasteiger charge is -2.13. The number of nitrogens with one attached hydrogen (secondary N) is 1. The number of amides is 1. The maximum atomic E-state index is 12.6. The lowest BCUT2D eigenvalue weighted by Crippen LogP contribution is -2.20. The molecule has 0 aliphatic carbocycles. The normalized spacial score (nSPS) is 11.5. The number of benzene rings is 1. The van der Waals surface area contributed by atoms with Gasteiger partial charge in [0.1, 0.15) is 0 Å². The predicted molar refractivity (Wildman–Crippen MR) is 98.1 cm³/mol. The molecule has 0 radical (unpaired) electrons. The zero-order chi connectivity index (χ0) is 18.7. The summed E-state index contributed by atoms with van der Waals surface area (Å²) < 4.78 is 26.6. The topological polar surface area (TPSA) is 94.0 Å². The zero-order valence-corrected chi connectivity index (χ0v) is 15.1. The number of nitrogens with zero attached hydrogens (tertiary/aromatic N) is 3. The number of carbonyl (C=O) groups is 1. The second-order valence-corrected chi connectivity index (χ2v) is 8.37. The van der Waals surface area contributed by atoms with Gasteiger partial charge in [-0.05, 0) is 44.2 Å². The summed E-state index contributed by atoms with van der Waals surface area (Å²) in [5, 5.41) is 6.15. The molecule has 3 rings (SSSR count). The van der Waals surface area contributed by atoms with Gasteiger partial charge in [0.05, 0.1) is 27.6 Å². The minimum Gasteiger partial charge on any atom is -0.321 e. The van der Waals surface area contributed by atoms with Crippen molar-refractivity contribution in [1.29, 1.82) is 0 Å². The Labute approximate surface area is 151 Å². The van der Waals surface area contributed by atoms with E-state index >= 15 is 0 Å². The van der Waals surface area contributed by atoms with Crippen LogP contribution in [0, 0.1) is 0 Å². The van der Waals surface area contributed by atoms with Crippen molar-refractivity contribution >= 4 is 21.4 Å². The van der Waals surface area contributed by atoms with Gasteiger partial charge in [-0.25, -0.2) is 18.1 Å². The van der Waals surface area contributed by atoms with Crippen LogP contribution in [-0.4, -0.2) is 34.3 Å². The number of pyridine rings is 1. The van der Waals surface area contributed by atoms with Crippen molar-refractivity contribution < 1.29 is 13.2 Å². The monoisotopic (exact) mass is 370 g/mol. The molecule has 8 heteroatoms. The third-order valence-electron chi connectivity index (χ3n) is 3.80. The molecule has 0 spiro atoms. The molecule has 0 aliphatic heterocycles. The van der Waals surface area contributed by atoms with Crippen LogP contribution in [0.1, 0.15) is 24.2 Å². The molecule has 0 unspecified atom stereocenters. The van der Waals surface area contributed by atoms with E-state index in [0.29, 0.717) is 11.5 Å². The molecule has 26 heavy (non-hydrogen) atoms. The Morgan fingerprint density at radius 2 is 1.88 bits per heavy atom. The average Bonchev–Trinajstić information content (AvgIpc) is 3.17. The number of anilines is 1. The van der Waals surface area contributed by atoms with Gasteiger partial charge >= 0.3 is 0 Å². The van der Waals surface area contributed by atoms with Crippen LogP contribution in [0.5, 0.6) is 0 Å². The van der Waals surface area contributed by atoms with Crippen molar-refractivity contribution in [1.82, 2.24) is 14.8 Å². The Bertz CT molecular complexity index is 1010. The highest BCUT2D eigenvalue weighted by atomic mass is 32.2. The molecule has 0 fully saturated rings. The molecular formula is C18H18N4O3S. The van der Waals surface area contributed by atoms with Gasteiger partial charge in [0.2, 0.25) is 0 Å². The minimum absolute atomic E-state index is 0.0219. The third kappa shape index (κ3) is 3.50. The standard InChI is InChI=1S/C18H18N4O3S/c1-13(2)26(24,25)16-7-4-3-6-15(16)18(23)21-14-8-9-17(19-12-14)22-11-5-10-20-22/h3-13H,1-2H3,(H,21,23). The van der Waals surface area contributed by atoms with Crippen LogP contribution in [0.25, 0.3) is 5.82 Å². The van der Waals surface area contributed by atoms with Crippen LogP contribution in [0.15, 0.2) is 66.0 Å². The van der Waals surface area contributed by atoms with Gasteiger partial charge in [0, 0.05) is 12.4 Å². The third-order valence-corrected chi connectivity index (χ3v) is 6.01. The lowest BCUT2D eigenvalue weighted by molar-refractivity contribution is 0.102. The van der Waals surface area contributed by atoms with Crippen LogP contribution in [-0.2, 0) is 9.84 Å². The number of hydrogen-bond donors (Lipinski definition) is 1. The Kier molecular flexibility index (Phi) is 4.85. The maximum absolute atomic E-state index is 12.6. The molecule has 134 valence electrons. The van der Waals surface area contributed by atoms with E-state index in [0.717, 1.165) is 0 Å². The van der Waals surface area contributed by atoms with Crippen molar-refractivity contribution in [2.24, 2.45) is 0 Å². The van der Waals surface area contributed by atoms with Gasteiger partial charge in [-0.1, -0.05) is 12.1 Å². The number of aromatic nitrogens is 3. The van der Waals surface area contributed by atoms with Gasteiger partial charge in [0.25, 0.3) is 5.91 Å². The van der Waals surface area contributed by atoms with E-state index in [9.17, 15) is 13.2 Å². The first-order valence-electron chi connectivity index (χ1n) is 8.00. The quantitative estimate of drug-likeness (QED) is 0.745. The van der Waals surface area contributed by atoms with Gasteiger partial charge in [0.15, 0.2) is 15.7 Å². The van der Waals surface area contributed by atoms with Gasteiger partial charge in [-0.15, -0.1) is 0 Å². The van der Waals surface area contributed by atoms with Gasteiger partial charge in [-0.2, -0.15) is 5.10 Å². The molecule has 0 aliphatic rings. The molecule has 1 amide bonds. The predicted octanol–water partition coefficient (Wildman–Crippen LogP) is 2.70. The summed E-state index contributed by atoms with van der Waals surface area (Å²) in [7, 11) is -3.57. The number of rotatable bonds is 5. The molecule has 7 nitrogen and oxygen atoms in total. The van der Waals surface area contributed by atoms with E-state index in [2.05, 4.69) is 15.4 Å². The van der Waals surface area contributed by atoms with Crippen molar-refractivity contribution in [3.63, 3.8) is 0 Å². The van der Waals surface area contributed by atoms with E-state index in [1.165, 1.54) is 18.3 Å². The molecule has 2 heterocycles. The highest BCUT2D eigenvalue weighted by Crippen LogP contribution is 2.21. The highest BCUT2D eigenvalue weighted by molar-refractivity contribution is 7.92. The average molecular weight is 370 g/mol. The van der Waals surface area contributed by atoms with E-state index in [4.69, 9.17) is 0 Å². The Morgan fingerprint density at radius 3 is 2.50 bits per heavy atom. The van der Waals surface area contributed by atoms with Crippen molar-refractivity contribution in [2.75, 3.05) is 5.32 Å². The first-order valence-corrected chi connectivity index (χ1v) is 9.54. The van der Waals surface area contributed by atoms with Gasteiger partial charge < -0.3 is 5.32 Å². The largest absolute Gasteiger partial charge is 0.321 e. The SMILES string of the molecule is CC(C)S(=O)(=O)c1ccccc1C(=O)Nc1ccc(-n2cccn2)nc1. The summed E-state index contributed by atoms with van der Waals surface area (Å²) in [5.74, 6) is 0.106. The molecule has 0 saturated carbocycles. The Morgan fingerprint density at radius 1 is 1.12 bits per heavy atom. The second-order valence-electron chi connectivity index (χ2n) is 5.90. The number of carbonyl (C=O) groups excluding carboxylic acids is 1. The Hall–Kier alpha value is -3.00. The Balaban J connectivity index is 1.85. The summed E-state index contributed by atoms with van der Waals surface area (Å²) in [4.78, 5) is 16.9. The number of sulfone groups is 1. The fraction of sp³-hybridized carbons (Fsp3) is 0.167. The number of hydrogen-bond acceptors (Lipinski definition) is 5. The first-order chi connectivity index (χ1) is 12.4. The molecule has 0 atom stereocenters. The van der Waals surface area contributed by atoms with Crippen LogP contribution in [0.3, 0.4) is 0 Å². The summed E-state index contributed by atoms with van der Waals surface area (Å²) in [6.45, 7) is 3.17.